The zero-order valence-electron chi connectivity index (χ0n) is 21.9. The maximum Gasteiger partial charge on any atom is 0.178 e. The van der Waals surface area contributed by atoms with Crippen LogP contribution in [-0.2, 0) is 6.42 Å². The lowest BCUT2D eigenvalue weighted by Gasteiger charge is -2.11. The fourth-order valence-electron chi connectivity index (χ4n) is 7.06. The smallest absolute Gasteiger partial charge is 0.178 e. The Morgan fingerprint density at radius 1 is 0.512 bits per heavy atom. The number of hydrogen-bond acceptors (Lipinski definition) is 3. The summed E-state index contributed by atoms with van der Waals surface area (Å²) in [6, 6.07) is 37.2. The summed E-state index contributed by atoms with van der Waals surface area (Å²) in [4.78, 5) is 14.4. The third-order valence-corrected chi connectivity index (χ3v) is 8.79. The second-order valence-corrected chi connectivity index (χ2v) is 10.9. The average Bonchev–Trinajstić information content (AvgIpc) is 3.69. The van der Waals surface area contributed by atoms with Gasteiger partial charge in [0.15, 0.2) is 5.65 Å². The molecule has 9 aromatic rings. The van der Waals surface area contributed by atoms with E-state index in [0.29, 0.717) is 0 Å². The van der Waals surface area contributed by atoms with Gasteiger partial charge in [-0.15, -0.1) is 0 Å². The Hall–Kier alpha value is -5.55. The first-order chi connectivity index (χ1) is 20.3. The molecule has 0 fully saturated rings. The minimum absolute atomic E-state index is 0.742. The highest BCUT2D eigenvalue weighted by atomic mass is 15.1. The standard InChI is InChI=1S/C36H21N5/c1-2-8-23(9-3-1)40-31-12-5-4-10-24(31)29-17-21-16-22-18-30-28(19-26(22)27(21)20-33(29)40)25-11-6-15-38-35(25)41-32-13-7-14-37-34(32)39-36(30)41/h1-15,17-20H,16H2. The van der Waals surface area contributed by atoms with E-state index < -0.39 is 0 Å². The Morgan fingerprint density at radius 2 is 1.24 bits per heavy atom. The van der Waals surface area contributed by atoms with E-state index in [0.717, 1.165) is 39.7 Å². The lowest BCUT2D eigenvalue weighted by atomic mass is 9.98. The predicted octanol–water partition coefficient (Wildman–Crippen LogP) is 8.25. The fraction of sp³-hybridized carbons (Fsp3) is 0.0278. The molecule has 0 atom stereocenters. The predicted molar refractivity (Wildman–Crippen MR) is 166 cm³/mol. The third kappa shape index (κ3) is 2.72. The molecule has 0 saturated heterocycles. The Morgan fingerprint density at radius 3 is 2.17 bits per heavy atom. The molecule has 0 radical (unpaired) electrons. The number of aromatic nitrogens is 5. The maximum absolute atomic E-state index is 4.99. The zero-order chi connectivity index (χ0) is 26.7. The quantitative estimate of drug-likeness (QED) is 0.204. The van der Waals surface area contributed by atoms with Crippen molar-refractivity contribution in [2.45, 2.75) is 6.42 Å². The highest BCUT2D eigenvalue weighted by Crippen LogP contribution is 2.45. The molecule has 0 amide bonds. The van der Waals surface area contributed by atoms with Gasteiger partial charge in [-0.2, -0.15) is 0 Å². The first-order valence-electron chi connectivity index (χ1n) is 13.9. The summed E-state index contributed by atoms with van der Waals surface area (Å²) in [5, 5.41) is 6.01. The molecule has 4 aromatic carbocycles. The fourth-order valence-corrected chi connectivity index (χ4v) is 7.06. The van der Waals surface area contributed by atoms with Gasteiger partial charge in [-0.3, -0.25) is 4.40 Å². The van der Waals surface area contributed by atoms with Crippen LogP contribution >= 0.6 is 0 Å². The summed E-state index contributed by atoms with van der Waals surface area (Å²) in [5.41, 5.74) is 12.5. The van der Waals surface area contributed by atoms with Crippen LogP contribution in [0, 0.1) is 0 Å². The minimum atomic E-state index is 0.742. The second-order valence-electron chi connectivity index (χ2n) is 10.9. The molecule has 0 aliphatic heterocycles. The van der Waals surface area contributed by atoms with E-state index in [1.165, 1.54) is 55.1 Å². The van der Waals surface area contributed by atoms with Gasteiger partial charge in [0.05, 0.1) is 16.6 Å². The minimum Gasteiger partial charge on any atom is -0.309 e. The summed E-state index contributed by atoms with van der Waals surface area (Å²) in [6.07, 6.45) is 4.56. The molecule has 0 N–H and O–H groups in total. The van der Waals surface area contributed by atoms with E-state index in [4.69, 9.17) is 9.97 Å². The molecule has 0 bridgehead atoms. The van der Waals surface area contributed by atoms with Crippen molar-refractivity contribution in [2.24, 2.45) is 0 Å². The van der Waals surface area contributed by atoms with Crippen molar-refractivity contribution < 1.29 is 0 Å². The summed E-state index contributed by atoms with van der Waals surface area (Å²) in [7, 11) is 0. The molecule has 190 valence electrons. The number of fused-ring (bicyclic) bond motifs is 14. The van der Waals surface area contributed by atoms with E-state index in [1.54, 1.807) is 6.20 Å². The maximum atomic E-state index is 4.99. The highest BCUT2D eigenvalue weighted by Gasteiger charge is 2.25. The molecule has 1 aliphatic carbocycles. The van der Waals surface area contributed by atoms with Crippen molar-refractivity contribution in [1.82, 2.24) is 23.9 Å². The second kappa shape index (κ2) is 7.55. The van der Waals surface area contributed by atoms with Crippen molar-refractivity contribution in [3.8, 4) is 16.8 Å². The Bertz CT molecular complexity index is 2550. The number of nitrogens with zero attached hydrogens (tertiary/aromatic N) is 5. The van der Waals surface area contributed by atoms with Crippen LogP contribution in [-0.4, -0.2) is 23.9 Å². The molecule has 10 rings (SSSR count). The lowest BCUT2D eigenvalue weighted by molar-refractivity contribution is 1.18. The van der Waals surface area contributed by atoms with Gasteiger partial charge in [0.2, 0.25) is 0 Å². The molecule has 0 unspecified atom stereocenters. The number of hydrogen-bond donors (Lipinski definition) is 0. The highest BCUT2D eigenvalue weighted by molar-refractivity contribution is 6.15. The summed E-state index contributed by atoms with van der Waals surface area (Å²) < 4.78 is 4.56. The number of para-hydroxylation sites is 2. The molecule has 5 aromatic heterocycles. The molecule has 5 heterocycles. The molecular formula is C36H21N5. The first kappa shape index (κ1) is 21.3. The molecule has 0 spiro atoms. The number of pyridine rings is 3. The van der Waals surface area contributed by atoms with Gasteiger partial charge in [0, 0.05) is 39.6 Å². The molecule has 41 heavy (non-hydrogen) atoms. The Kier molecular flexibility index (Phi) is 3.92. The van der Waals surface area contributed by atoms with E-state index in [2.05, 4.69) is 105 Å². The van der Waals surface area contributed by atoms with Crippen LogP contribution in [0.2, 0.25) is 0 Å². The largest absolute Gasteiger partial charge is 0.309 e. The third-order valence-electron chi connectivity index (χ3n) is 8.79. The van der Waals surface area contributed by atoms with Crippen molar-refractivity contribution >= 4 is 60.4 Å². The molecule has 0 saturated carbocycles. The van der Waals surface area contributed by atoms with Crippen LogP contribution in [0.5, 0.6) is 0 Å². The van der Waals surface area contributed by atoms with Gasteiger partial charge < -0.3 is 4.57 Å². The van der Waals surface area contributed by atoms with E-state index in [9.17, 15) is 0 Å². The number of rotatable bonds is 1. The molecular weight excluding hydrogens is 502 g/mol. The molecule has 1 aliphatic rings. The van der Waals surface area contributed by atoms with Crippen LogP contribution in [0.3, 0.4) is 0 Å². The monoisotopic (exact) mass is 523 g/mol. The van der Waals surface area contributed by atoms with Gasteiger partial charge >= 0.3 is 0 Å². The van der Waals surface area contributed by atoms with Gasteiger partial charge in [0.25, 0.3) is 0 Å². The zero-order valence-corrected chi connectivity index (χ0v) is 21.9. The van der Waals surface area contributed by atoms with Crippen molar-refractivity contribution in [3.63, 3.8) is 0 Å². The van der Waals surface area contributed by atoms with Gasteiger partial charge in [-0.1, -0.05) is 36.4 Å². The van der Waals surface area contributed by atoms with Crippen molar-refractivity contribution in [3.05, 3.63) is 127 Å². The van der Waals surface area contributed by atoms with Crippen LogP contribution in [0.25, 0.3) is 77.2 Å². The summed E-state index contributed by atoms with van der Waals surface area (Å²) in [5.74, 6) is 0. The Labute approximate surface area is 234 Å². The summed E-state index contributed by atoms with van der Waals surface area (Å²) in [6.45, 7) is 0. The SMILES string of the molecule is c1ccc(-n2c3ccccc3c3cc4c(cc32)-c2cc3c5cccnc5n5c6cccnc6nc5c3cc2C4)cc1. The van der Waals surface area contributed by atoms with Gasteiger partial charge in [0.1, 0.15) is 11.3 Å². The molecule has 5 nitrogen and oxygen atoms in total. The van der Waals surface area contributed by atoms with Crippen molar-refractivity contribution in [2.75, 3.05) is 0 Å². The van der Waals surface area contributed by atoms with Crippen LogP contribution in [0.15, 0.2) is 116 Å². The topological polar surface area (TPSA) is 48.0 Å². The lowest BCUT2D eigenvalue weighted by Crippen LogP contribution is -1.95. The van der Waals surface area contributed by atoms with Crippen LogP contribution < -0.4 is 0 Å². The van der Waals surface area contributed by atoms with Gasteiger partial charge in [-0.05, 0) is 101 Å². The van der Waals surface area contributed by atoms with Gasteiger partial charge in [-0.25, -0.2) is 15.0 Å². The number of imidazole rings is 1. The normalized spacial score (nSPS) is 12.8. The van der Waals surface area contributed by atoms with Crippen molar-refractivity contribution in [1.29, 1.82) is 0 Å². The first-order valence-corrected chi connectivity index (χ1v) is 13.9. The van der Waals surface area contributed by atoms with Crippen LogP contribution in [0.1, 0.15) is 11.1 Å². The summed E-state index contributed by atoms with van der Waals surface area (Å²) >= 11 is 0. The average molecular weight is 524 g/mol. The Balaban J connectivity index is 1.31. The number of benzene rings is 4. The van der Waals surface area contributed by atoms with E-state index in [1.807, 2.05) is 18.3 Å². The van der Waals surface area contributed by atoms with Crippen LogP contribution in [0.4, 0.5) is 0 Å². The van der Waals surface area contributed by atoms with E-state index in [-0.39, 0.29) is 0 Å². The van der Waals surface area contributed by atoms with E-state index >= 15 is 0 Å². The molecule has 5 heteroatoms.